The summed E-state index contributed by atoms with van der Waals surface area (Å²) in [5.74, 6) is 2.01. The van der Waals surface area contributed by atoms with Crippen LogP contribution in [0.1, 0.15) is 22.5 Å². The van der Waals surface area contributed by atoms with Crippen molar-refractivity contribution < 1.29 is 0 Å². The molecule has 1 aromatic heterocycles. The predicted octanol–water partition coefficient (Wildman–Crippen LogP) is 3.00. The van der Waals surface area contributed by atoms with E-state index in [1.807, 2.05) is 25.6 Å². The Morgan fingerprint density at radius 1 is 1.23 bits per heavy atom. The molecule has 0 bridgehead atoms. The molecule has 1 aromatic rings. The molecule has 0 spiro atoms. The number of hydrogen-bond donors (Lipinski definition) is 0. The lowest BCUT2D eigenvalue weighted by molar-refractivity contribution is 1.08. The van der Waals surface area contributed by atoms with Crippen LogP contribution in [-0.4, -0.2) is 4.98 Å². The van der Waals surface area contributed by atoms with Crippen LogP contribution in [0.15, 0.2) is 0 Å². The van der Waals surface area contributed by atoms with Gasteiger partial charge in [-0.25, -0.2) is 4.85 Å². The van der Waals surface area contributed by atoms with Gasteiger partial charge in [-0.3, -0.25) is 4.98 Å². The Morgan fingerprint density at radius 2 is 1.92 bits per heavy atom. The van der Waals surface area contributed by atoms with Gasteiger partial charge in [0.15, 0.2) is 0 Å². The molecule has 1 aliphatic heterocycles. The Kier molecular flexibility index (Phi) is 2.01. The van der Waals surface area contributed by atoms with Crippen molar-refractivity contribution in [3.05, 3.63) is 33.9 Å². The van der Waals surface area contributed by atoms with Crippen molar-refractivity contribution in [1.29, 1.82) is 0 Å². The number of hydrogen-bond acceptors (Lipinski definition) is 2. The van der Waals surface area contributed by atoms with Crippen LogP contribution >= 0.6 is 11.8 Å². The molecular weight excluding hydrogens is 180 g/mol. The van der Waals surface area contributed by atoms with Crippen LogP contribution in [0.4, 0.5) is 5.69 Å². The third kappa shape index (κ3) is 1.22. The van der Waals surface area contributed by atoms with Gasteiger partial charge in [-0.1, -0.05) is 0 Å². The molecule has 0 aromatic carbocycles. The molecule has 0 amide bonds. The van der Waals surface area contributed by atoms with E-state index >= 15 is 0 Å². The molecular formula is C10H10N2S. The minimum absolute atomic E-state index is 0.783. The smallest absolute Gasteiger partial charge is 0.212 e. The van der Waals surface area contributed by atoms with Crippen LogP contribution < -0.4 is 0 Å². The molecule has 0 fully saturated rings. The van der Waals surface area contributed by atoms with E-state index in [1.165, 1.54) is 11.1 Å². The average Bonchev–Trinajstić information content (AvgIpc) is 2.53. The third-order valence-corrected chi connectivity index (χ3v) is 3.36. The molecule has 0 radical (unpaired) electrons. The number of rotatable bonds is 0. The molecule has 0 N–H and O–H groups in total. The molecule has 2 nitrogen and oxygen atoms in total. The van der Waals surface area contributed by atoms with Gasteiger partial charge in [0, 0.05) is 22.9 Å². The van der Waals surface area contributed by atoms with Crippen molar-refractivity contribution in [2.45, 2.75) is 25.4 Å². The number of fused-ring (bicyclic) bond motifs is 1. The normalized spacial score (nSPS) is 13.9. The highest BCUT2D eigenvalue weighted by atomic mass is 32.2. The van der Waals surface area contributed by atoms with Crippen LogP contribution in [0.5, 0.6) is 0 Å². The maximum atomic E-state index is 7.10. The van der Waals surface area contributed by atoms with E-state index in [1.54, 1.807) is 0 Å². The molecule has 1 aliphatic rings. The van der Waals surface area contributed by atoms with E-state index in [4.69, 9.17) is 6.57 Å². The average molecular weight is 190 g/mol. The first-order valence-corrected chi connectivity index (χ1v) is 5.33. The highest BCUT2D eigenvalue weighted by Gasteiger charge is 2.20. The Hall–Kier alpha value is -1.01. The van der Waals surface area contributed by atoms with Crippen LogP contribution in [0, 0.1) is 20.4 Å². The topological polar surface area (TPSA) is 17.2 Å². The lowest BCUT2D eigenvalue weighted by Gasteiger charge is -2.06. The van der Waals surface area contributed by atoms with Crippen LogP contribution in [0.3, 0.4) is 0 Å². The summed E-state index contributed by atoms with van der Waals surface area (Å²) in [7, 11) is 0. The van der Waals surface area contributed by atoms with E-state index in [2.05, 4.69) is 9.83 Å². The zero-order valence-electron chi connectivity index (χ0n) is 7.72. The highest BCUT2D eigenvalue weighted by molar-refractivity contribution is 7.98. The number of aromatic nitrogens is 1. The summed E-state index contributed by atoms with van der Waals surface area (Å²) in [6.45, 7) is 11.1. The molecule has 13 heavy (non-hydrogen) atoms. The lowest BCUT2D eigenvalue weighted by Crippen LogP contribution is -1.95. The predicted molar refractivity (Wildman–Crippen MR) is 55.0 cm³/mol. The van der Waals surface area contributed by atoms with Gasteiger partial charge in [-0.05, 0) is 25.0 Å². The molecule has 0 saturated heterocycles. The second-order valence-electron chi connectivity index (χ2n) is 3.19. The van der Waals surface area contributed by atoms with E-state index in [-0.39, 0.29) is 0 Å². The maximum absolute atomic E-state index is 7.10. The van der Waals surface area contributed by atoms with Crippen molar-refractivity contribution >= 4 is 17.4 Å². The van der Waals surface area contributed by atoms with Crippen molar-refractivity contribution in [3.8, 4) is 0 Å². The summed E-state index contributed by atoms with van der Waals surface area (Å²) in [5.41, 5.74) is 5.29. The number of pyridine rings is 1. The van der Waals surface area contributed by atoms with Crippen molar-refractivity contribution in [2.24, 2.45) is 0 Å². The van der Waals surface area contributed by atoms with Crippen molar-refractivity contribution in [1.82, 2.24) is 4.98 Å². The first kappa shape index (κ1) is 8.58. The van der Waals surface area contributed by atoms with E-state index in [9.17, 15) is 0 Å². The molecule has 2 heterocycles. The van der Waals surface area contributed by atoms with Gasteiger partial charge in [0.2, 0.25) is 5.69 Å². The molecule has 66 valence electrons. The maximum Gasteiger partial charge on any atom is 0.212 e. The summed E-state index contributed by atoms with van der Waals surface area (Å²) in [6.07, 6.45) is 0. The van der Waals surface area contributed by atoms with Crippen LogP contribution in [0.2, 0.25) is 0 Å². The summed E-state index contributed by atoms with van der Waals surface area (Å²) < 4.78 is 0. The second-order valence-corrected chi connectivity index (χ2v) is 4.18. The Bertz CT molecular complexity index is 404. The first-order valence-electron chi connectivity index (χ1n) is 4.18. The quantitative estimate of drug-likeness (QED) is 0.585. The highest BCUT2D eigenvalue weighted by Crippen LogP contribution is 2.38. The lowest BCUT2D eigenvalue weighted by atomic mass is 10.1. The summed E-state index contributed by atoms with van der Waals surface area (Å²) >= 11 is 1.87. The number of thioether (sulfide) groups is 1. The summed E-state index contributed by atoms with van der Waals surface area (Å²) in [5, 5.41) is 0. The third-order valence-electron chi connectivity index (χ3n) is 2.37. The van der Waals surface area contributed by atoms with Crippen LogP contribution in [0.25, 0.3) is 4.85 Å². The molecule has 0 saturated carbocycles. The fraction of sp³-hybridized carbons (Fsp3) is 0.400. The molecule has 3 heteroatoms. The standard InChI is InChI=1S/C10H10N2S/c1-6-8-4-13-5-9(8)10(11-3)7(2)12-6/h4-5H2,1-2H3. The SMILES string of the molecule is [C-]#[N+]c1c(C)nc(C)c2c1CSC2. The van der Waals surface area contributed by atoms with Gasteiger partial charge >= 0.3 is 0 Å². The van der Waals surface area contributed by atoms with E-state index < -0.39 is 0 Å². The minimum Gasteiger partial charge on any atom is -0.270 e. The van der Waals surface area contributed by atoms with Gasteiger partial charge in [0.1, 0.15) is 0 Å². The van der Waals surface area contributed by atoms with Gasteiger partial charge in [-0.15, -0.1) is 0 Å². The van der Waals surface area contributed by atoms with Gasteiger partial charge in [0.25, 0.3) is 0 Å². The number of nitrogens with zero attached hydrogens (tertiary/aromatic N) is 2. The zero-order chi connectivity index (χ0) is 9.42. The molecule has 0 aliphatic carbocycles. The van der Waals surface area contributed by atoms with Gasteiger partial charge in [0.05, 0.1) is 6.57 Å². The first-order chi connectivity index (χ1) is 6.24. The Morgan fingerprint density at radius 3 is 2.62 bits per heavy atom. The molecule has 0 unspecified atom stereocenters. The van der Waals surface area contributed by atoms with Gasteiger partial charge in [-0.2, -0.15) is 11.8 Å². The van der Waals surface area contributed by atoms with Gasteiger partial charge < -0.3 is 0 Å². The largest absolute Gasteiger partial charge is 0.270 e. The van der Waals surface area contributed by atoms with Crippen molar-refractivity contribution in [3.63, 3.8) is 0 Å². The minimum atomic E-state index is 0.783. The van der Waals surface area contributed by atoms with E-state index in [0.717, 1.165) is 28.6 Å². The van der Waals surface area contributed by atoms with Crippen LogP contribution in [-0.2, 0) is 11.5 Å². The monoisotopic (exact) mass is 190 g/mol. The zero-order valence-corrected chi connectivity index (χ0v) is 8.53. The van der Waals surface area contributed by atoms with E-state index in [0.29, 0.717) is 0 Å². The summed E-state index contributed by atoms with van der Waals surface area (Å²) in [6, 6.07) is 0. The fourth-order valence-electron chi connectivity index (χ4n) is 1.70. The van der Waals surface area contributed by atoms with Crippen molar-refractivity contribution in [2.75, 3.05) is 0 Å². The number of aryl methyl sites for hydroxylation is 2. The second kappa shape index (κ2) is 3.04. The molecule has 0 atom stereocenters. The Balaban J connectivity index is 2.74. The fourth-order valence-corrected chi connectivity index (χ4v) is 2.91. The Labute approximate surface area is 82.2 Å². The molecule has 2 rings (SSSR count). The summed E-state index contributed by atoms with van der Waals surface area (Å²) in [4.78, 5) is 7.95.